The summed E-state index contributed by atoms with van der Waals surface area (Å²) in [5.74, 6) is 2.02. The van der Waals surface area contributed by atoms with Gasteiger partial charge in [0.25, 0.3) is 5.91 Å². The Labute approximate surface area is 161 Å². The molecule has 0 saturated carbocycles. The van der Waals surface area contributed by atoms with Gasteiger partial charge in [0.2, 0.25) is 0 Å². The zero-order chi connectivity index (χ0) is 19.2. The highest BCUT2D eigenvalue weighted by Gasteiger charge is 2.16. The van der Waals surface area contributed by atoms with Crippen LogP contribution in [0.3, 0.4) is 0 Å². The minimum absolute atomic E-state index is 0.121. The van der Waals surface area contributed by atoms with Crippen molar-refractivity contribution in [1.82, 2.24) is 10.3 Å². The Morgan fingerprint density at radius 2 is 1.96 bits per heavy atom. The van der Waals surface area contributed by atoms with Gasteiger partial charge in [0.15, 0.2) is 6.10 Å². The summed E-state index contributed by atoms with van der Waals surface area (Å²) in [6, 6.07) is 11.9. The molecule has 0 aliphatic carbocycles. The van der Waals surface area contributed by atoms with Gasteiger partial charge in [0.1, 0.15) is 11.6 Å². The van der Waals surface area contributed by atoms with E-state index < -0.39 is 6.10 Å². The molecule has 1 amide bonds. The molecule has 5 heteroatoms. The third-order valence-electron chi connectivity index (χ3n) is 4.91. The maximum absolute atomic E-state index is 12.4. The molecular formula is C22H29N3O2. The van der Waals surface area contributed by atoms with E-state index in [0.29, 0.717) is 12.5 Å². The second kappa shape index (κ2) is 8.89. The van der Waals surface area contributed by atoms with Gasteiger partial charge in [-0.3, -0.25) is 4.79 Å². The van der Waals surface area contributed by atoms with Crippen LogP contribution in [0, 0.1) is 0 Å². The second-order valence-corrected chi connectivity index (χ2v) is 7.42. The zero-order valence-electron chi connectivity index (χ0n) is 16.4. The summed E-state index contributed by atoms with van der Waals surface area (Å²) >= 11 is 0. The molecule has 1 aromatic carbocycles. The van der Waals surface area contributed by atoms with Crippen LogP contribution in [0.1, 0.15) is 50.7 Å². The lowest BCUT2D eigenvalue weighted by atomic mass is 10.0. The van der Waals surface area contributed by atoms with E-state index in [1.165, 1.54) is 18.4 Å². The summed E-state index contributed by atoms with van der Waals surface area (Å²) < 4.78 is 5.83. The van der Waals surface area contributed by atoms with Gasteiger partial charge in [-0.25, -0.2) is 4.98 Å². The van der Waals surface area contributed by atoms with Crippen molar-refractivity contribution in [2.24, 2.45) is 0 Å². The van der Waals surface area contributed by atoms with Crippen molar-refractivity contribution in [1.29, 1.82) is 0 Å². The first-order valence-corrected chi connectivity index (χ1v) is 9.77. The molecule has 1 N–H and O–H groups in total. The lowest BCUT2D eigenvalue weighted by Gasteiger charge is -2.18. The standard InChI is InChI=1S/C22H29N3O2/c1-16(2)19-7-6-8-20(14-19)27-17(3)22(26)24-15-18-9-10-23-21(13-18)25-11-4-5-12-25/h6-10,13-14,16-17H,4-5,11-12,15H2,1-3H3,(H,24,26). The molecule has 27 heavy (non-hydrogen) atoms. The maximum Gasteiger partial charge on any atom is 0.261 e. The molecule has 2 heterocycles. The second-order valence-electron chi connectivity index (χ2n) is 7.42. The quantitative estimate of drug-likeness (QED) is 0.807. The largest absolute Gasteiger partial charge is 0.481 e. The molecule has 3 rings (SSSR count). The van der Waals surface area contributed by atoms with Crippen molar-refractivity contribution in [2.45, 2.75) is 52.2 Å². The molecular weight excluding hydrogens is 338 g/mol. The normalized spacial score (nSPS) is 15.0. The van der Waals surface area contributed by atoms with Crippen LogP contribution < -0.4 is 15.0 Å². The minimum Gasteiger partial charge on any atom is -0.481 e. The van der Waals surface area contributed by atoms with E-state index in [1.807, 2.05) is 30.5 Å². The Hall–Kier alpha value is -2.56. The molecule has 0 bridgehead atoms. The van der Waals surface area contributed by atoms with Crippen LogP contribution in [-0.4, -0.2) is 30.1 Å². The minimum atomic E-state index is -0.549. The highest BCUT2D eigenvalue weighted by molar-refractivity contribution is 5.80. The lowest BCUT2D eigenvalue weighted by molar-refractivity contribution is -0.127. The molecule has 144 valence electrons. The predicted octanol–water partition coefficient (Wildman–Crippen LogP) is 3.89. The van der Waals surface area contributed by atoms with Gasteiger partial charge in [-0.05, 0) is 61.1 Å². The fourth-order valence-corrected chi connectivity index (χ4v) is 3.23. The van der Waals surface area contributed by atoms with E-state index >= 15 is 0 Å². The number of amides is 1. The number of nitrogens with one attached hydrogen (secondary N) is 1. The fraction of sp³-hybridized carbons (Fsp3) is 0.455. The Morgan fingerprint density at radius 1 is 1.19 bits per heavy atom. The molecule has 2 aromatic rings. The molecule has 1 saturated heterocycles. The number of nitrogens with zero attached hydrogens (tertiary/aromatic N) is 2. The predicted molar refractivity (Wildman–Crippen MR) is 108 cm³/mol. The van der Waals surface area contributed by atoms with Crippen LogP contribution in [0.15, 0.2) is 42.6 Å². The van der Waals surface area contributed by atoms with Crippen molar-refractivity contribution in [3.8, 4) is 5.75 Å². The third-order valence-corrected chi connectivity index (χ3v) is 4.91. The average molecular weight is 367 g/mol. The van der Waals surface area contributed by atoms with Crippen molar-refractivity contribution in [3.05, 3.63) is 53.7 Å². The number of benzene rings is 1. The number of anilines is 1. The fourth-order valence-electron chi connectivity index (χ4n) is 3.23. The molecule has 1 unspecified atom stereocenters. The van der Waals surface area contributed by atoms with Crippen molar-refractivity contribution < 1.29 is 9.53 Å². The highest BCUT2D eigenvalue weighted by Crippen LogP contribution is 2.21. The lowest BCUT2D eigenvalue weighted by Crippen LogP contribution is -2.36. The van der Waals surface area contributed by atoms with Gasteiger partial charge < -0.3 is 15.0 Å². The molecule has 1 aliphatic heterocycles. The Bertz CT molecular complexity index is 770. The van der Waals surface area contributed by atoms with Gasteiger partial charge in [-0.2, -0.15) is 0 Å². The third kappa shape index (κ3) is 5.22. The SMILES string of the molecule is CC(Oc1cccc(C(C)C)c1)C(=O)NCc1ccnc(N2CCCC2)c1. The number of hydrogen-bond acceptors (Lipinski definition) is 4. The summed E-state index contributed by atoms with van der Waals surface area (Å²) in [6.45, 7) is 8.65. The molecule has 1 atom stereocenters. The highest BCUT2D eigenvalue weighted by atomic mass is 16.5. The Kier molecular flexibility index (Phi) is 6.32. The summed E-state index contributed by atoms with van der Waals surface area (Å²) in [7, 11) is 0. The number of carbonyl (C=O) groups is 1. The first kappa shape index (κ1) is 19.2. The van der Waals surface area contributed by atoms with Crippen LogP contribution in [0.25, 0.3) is 0 Å². The number of aromatic nitrogens is 1. The number of hydrogen-bond donors (Lipinski definition) is 1. The van der Waals surface area contributed by atoms with Crippen molar-refractivity contribution >= 4 is 11.7 Å². The number of pyridine rings is 1. The molecule has 1 fully saturated rings. The van der Waals surface area contributed by atoms with Gasteiger partial charge in [0, 0.05) is 25.8 Å². The molecule has 0 radical (unpaired) electrons. The first-order valence-electron chi connectivity index (χ1n) is 9.77. The number of rotatable bonds is 7. The zero-order valence-corrected chi connectivity index (χ0v) is 16.4. The Morgan fingerprint density at radius 3 is 2.70 bits per heavy atom. The number of ether oxygens (including phenoxy) is 1. The summed E-state index contributed by atoms with van der Waals surface area (Å²) in [4.78, 5) is 19.2. The van der Waals surface area contributed by atoms with Gasteiger partial charge >= 0.3 is 0 Å². The van der Waals surface area contributed by atoms with E-state index in [-0.39, 0.29) is 5.91 Å². The van der Waals surface area contributed by atoms with Crippen LogP contribution >= 0.6 is 0 Å². The van der Waals surface area contributed by atoms with Crippen molar-refractivity contribution in [3.63, 3.8) is 0 Å². The van der Waals surface area contributed by atoms with E-state index in [1.54, 1.807) is 6.92 Å². The number of carbonyl (C=O) groups excluding carboxylic acids is 1. The van der Waals surface area contributed by atoms with E-state index in [2.05, 4.69) is 41.2 Å². The monoisotopic (exact) mass is 367 g/mol. The van der Waals surface area contributed by atoms with Gasteiger partial charge in [0.05, 0.1) is 0 Å². The topological polar surface area (TPSA) is 54.5 Å². The molecule has 5 nitrogen and oxygen atoms in total. The summed E-state index contributed by atoms with van der Waals surface area (Å²) in [5, 5.41) is 2.96. The summed E-state index contributed by atoms with van der Waals surface area (Å²) in [5.41, 5.74) is 2.25. The summed E-state index contributed by atoms with van der Waals surface area (Å²) in [6.07, 6.45) is 3.70. The Balaban J connectivity index is 1.54. The molecule has 1 aliphatic rings. The molecule has 0 spiro atoms. The van der Waals surface area contributed by atoms with Crippen molar-refractivity contribution in [2.75, 3.05) is 18.0 Å². The average Bonchev–Trinajstić information content (AvgIpc) is 3.21. The maximum atomic E-state index is 12.4. The van der Waals surface area contributed by atoms with Crippen LogP contribution in [0.5, 0.6) is 5.75 Å². The van der Waals surface area contributed by atoms with Crippen LogP contribution in [-0.2, 0) is 11.3 Å². The first-order chi connectivity index (χ1) is 13.0. The van der Waals surface area contributed by atoms with E-state index in [4.69, 9.17) is 4.74 Å². The van der Waals surface area contributed by atoms with Gasteiger partial charge in [-0.1, -0.05) is 26.0 Å². The van der Waals surface area contributed by atoms with Gasteiger partial charge in [-0.15, -0.1) is 0 Å². The van der Waals surface area contributed by atoms with E-state index in [9.17, 15) is 4.79 Å². The smallest absolute Gasteiger partial charge is 0.261 e. The van der Waals surface area contributed by atoms with E-state index in [0.717, 1.165) is 30.2 Å². The van der Waals surface area contributed by atoms with Crippen LogP contribution in [0.4, 0.5) is 5.82 Å². The van der Waals surface area contributed by atoms with Crippen LogP contribution in [0.2, 0.25) is 0 Å². The molecule has 1 aromatic heterocycles.